The highest BCUT2D eigenvalue weighted by Gasteiger charge is 2.20. The fraction of sp³-hybridized carbons (Fsp3) is 0.600. The normalized spacial score (nSPS) is 12.2. The summed E-state index contributed by atoms with van der Waals surface area (Å²) in [5, 5.41) is 3.26. The van der Waals surface area contributed by atoms with Gasteiger partial charge in [-0.05, 0) is 36.6 Å². The number of hydrogen-bond acceptors (Lipinski definition) is 1. The summed E-state index contributed by atoms with van der Waals surface area (Å²) in [7, 11) is 2.00. The van der Waals surface area contributed by atoms with E-state index in [9.17, 15) is 0 Å². The monoisotopic (exact) mass is 297 g/mol. The first kappa shape index (κ1) is 14.7. The van der Waals surface area contributed by atoms with Crippen molar-refractivity contribution in [1.29, 1.82) is 0 Å². The highest BCUT2D eigenvalue weighted by Crippen LogP contribution is 2.28. The van der Waals surface area contributed by atoms with Crippen LogP contribution in [-0.2, 0) is 11.8 Å². The van der Waals surface area contributed by atoms with Crippen LogP contribution in [0.5, 0.6) is 0 Å². The molecular weight excluding hydrogens is 274 g/mol. The third-order valence-corrected chi connectivity index (χ3v) is 3.82. The lowest BCUT2D eigenvalue weighted by Gasteiger charge is -2.25. The molecule has 0 unspecified atom stereocenters. The van der Waals surface area contributed by atoms with E-state index >= 15 is 0 Å². The molecule has 1 rings (SSSR count). The lowest BCUT2D eigenvalue weighted by atomic mass is 9.84. The quantitative estimate of drug-likeness (QED) is 0.861. The summed E-state index contributed by atoms with van der Waals surface area (Å²) in [6, 6.07) is 6.80. The Morgan fingerprint density at radius 2 is 1.94 bits per heavy atom. The van der Waals surface area contributed by atoms with Crippen molar-refractivity contribution >= 4 is 15.9 Å². The second-order valence-electron chi connectivity index (χ2n) is 5.82. The van der Waals surface area contributed by atoms with Gasteiger partial charge in [-0.1, -0.05) is 55.8 Å². The van der Waals surface area contributed by atoms with Gasteiger partial charge in [-0.3, -0.25) is 0 Å². The van der Waals surface area contributed by atoms with Gasteiger partial charge in [0.25, 0.3) is 0 Å². The Balaban J connectivity index is 2.95. The van der Waals surface area contributed by atoms with Crippen molar-refractivity contribution in [3.8, 4) is 0 Å². The minimum absolute atomic E-state index is 0.174. The Bertz CT molecular complexity index is 369. The molecular formula is C15H24BrN. The number of rotatable bonds is 5. The molecule has 0 atom stereocenters. The summed E-state index contributed by atoms with van der Waals surface area (Å²) in [4.78, 5) is 0. The van der Waals surface area contributed by atoms with Crippen molar-refractivity contribution in [1.82, 2.24) is 5.32 Å². The highest BCUT2D eigenvalue weighted by atomic mass is 79.9. The third kappa shape index (κ3) is 4.11. The Hall–Kier alpha value is -0.340. The van der Waals surface area contributed by atoms with Gasteiger partial charge in [-0.25, -0.2) is 0 Å². The summed E-state index contributed by atoms with van der Waals surface area (Å²) in [6.07, 6.45) is 1.13. The maximum absolute atomic E-state index is 3.70. The summed E-state index contributed by atoms with van der Waals surface area (Å²) in [5.41, 5.74) is 2.96. The van der Waals surface area contributed by atoms with Crippen LogP contribution in [0.25, 0.3) is 0 Å². The van der Waals surface area contributed by atoms with Gasteiger partial charge >= 0.3 is 0 Å². The Kier molecular flexibility index (Phi) is 5.21. The van der Waals surface area contributed by atoms with Crippen molar-refractivity contribution in [3.05, 3.63) is 33.8 Å². The van der Waals surface area contributed by atoms with Crippen LogP contribution in [0.3, 0.4) is 0 Å². The van der Waals surface area contributed by atoms with Gasteiger partial charge in [0.2, 0.25) is 0 Å². The molecule has 96 valence electrons. The zero-order valence-corrected chi connectivity index (χ0v) is 13.2. The molecule has 1 aromatic carbocycles. The van der Waals surface area contributed by atoms with E-state index in [1.165, 1.54) is 15.6 Å². The van der Waals surface area contributed by atoms with E-state index in [0.717, 1.165) is 13.0 Å². The average Bonchev–Trinajstić information content (AvgIpc) is 2.20. The molecule has 0 heterocycles. The average molecular weight is 298 g/mol. The fourth-order valence-corrected chi connectivity index (χ4v) is 2.66. The zero-order chi connectivity index (χ0) is 13.1. The largest absolute Gasteiger partial charge is 0.319 e. The van der Waals surface area contributed by atoms with E-state index < -0.39 is 0 Å². The first-order chi connectivity index (χ1) is 7.86. The van der Waals surface area contributed by atoms with E-state index in [-0.39, 0.29) is 5.41 Å². The van der Waals surface area contributed by atoms with E-state index in [1.807, 2.05) is 7.05 Å². The van der Waals surface area contributed by atoms with Gasteiger partial charge in [-0.15, -0.1) is 0 Å². The molecule has 0 aromatic heterocycles. The smallest absolute Gasteiger partial charge is 0.0210 e. The van der Waals surface area contributed by atoms with E-state index in [0.29, 0.717) is 5.92 Å². The zero-order valence-electron chi connectivity index (χ0n) is 11.6. The lowest BCUT2D eigenvalue weighted by Crippen LogP contribution is -2.30. The molecule has 1 aromatic rings. The van der Waals surface area contributed by atoms with Crippen LogP contribution in [-0.4, -0.2) is 13.6 Å². The van der Waals surface area contributed by atoms with E-state index in [2.05, 4.69) is 67.1 Å². The maximum atomic E-state index is 3.70. The summed E-state index contributed by atoms with van der Waals surface area (Å²) < 4.78 is 1.24. The number of halogens is 1. The second-order valence-corrected chi connectivity index (χ2v) is 6.67. The molecule has 0 spiro atoms. The van der Waals surface area contributed by atoms with Crippen LogP contribution in [0.1, 0.15) is 38.8 Å². The van der Waals surface area contributed by atoms with Crippen LogP contribution < -0.4 is 5.32 Å². The van der Waals surface area contributed by atoms with Gasteiger partial charge in [0.05, 0.1) is 0 Å². The van der Waals surface area contributed by atoms with Crippen LogP contribution in [0.15, 0.2) is 22.7 Å². The van der Waals surface area contributed by atoms with Crippen LogP contribution in [0.2, 0.25) is 0 Å². The van der Waals surface area contributed by atoms with Crippen molar-refractivity contribution < 1.29 is 0 Å². The summed E-state index contributed by atoms with van der Waals surface area (Å²) >= 11 is 3.70. The minimum Gasteiger partial charge on any atom is -0.319 e. The fourth-order valence-electron chi connectivity index (χ4n) is 2.12. The van der Waals surface area contributed by atoms with Crippen LogP contribution in [0.4, 0.5) is 0 Å². The summed E-state index contributed by atoms with van der Waals surface area (Å²) in [6.45, 7) is 10.0. The second kappa shape index (κ2) is 6.01. The summed E-state index contributed by atoms with van der Waals surface area (Å²) in [5.74, 6) is 0.697. The van der Waals surface area contributed by atoms with Crippen molar-refractivity contribution in [3.63, 3.8) is 0 Å². The van der Waals surface area contributed by atoms with E-state index in [4.69, 9.17) is 0 Å². The van der Waals surface area contributed by atoms with Crippen LogP contribution in [0, 0.1) is 5.92 Å². The predicted octanol–water partition coefficient (Wildman–Crippen LogP) is 4.14. The SMILES string of the molecule is CNCC(C)(C)c1ccc(CC(C)C)c(Br)c1. The molecule has 17 heavy (non-hydrogen) atoms. The lowest BCUT2D eigenvalue weighted by molar-refractivity contribution is 0.493. The number of likely N-dealkylation sites (N-methyl/N-ethyl adjacent to an activating group) is 1. The van der Waals surface area contributed by atoms with Gasteiger partial charge in [-0.2, -0.15) is 0 Å². The van der Waals surface area contributed by atoms with Crippen molar-refractivity contribution in [2.24, 2.45) is 5.92 Å². The first-order valence-electron chi connectivity index (χ1n) is 6.30. The van der Waals surface area contributed by atoms with Crippen molar-refractivity contribution in [2.45, 2.75) is 39.5 Å². The highest BCUT2D eigenvalue weighted by molar-refractivity contribution is 9.10. The maximum Gasteiger partial charge on any atom is 0.0210 e. The molecule has 1 nitrogen and oxygen atoms in total. The molecule has 0 radical (unpaired) electrons. The molecule has 1 N–H and O–H groups in total. The predicted molar refractivity (Wildman–Crippen MR) is 79.6 cm³/mol. The van der Waals surface area contributed by atoms with E-state index in [1.54, 1.807) is 0 Å². The van der Waals surface area contributed by atoms with Crippen LogP contribution >= 0.6 is 15.9 Å². The van der Waals surface area contributed by atoms with Gasteiger partial charge in [0, 0.05) is 16.4 Å². The molecule has 0 saturated carbocycles. The topological polar surface area (TPSA) is 12.0 Å². The minimum atomic E-state index is 0.174. The first-order valence-corrected chi connectivity index (χ1v) is 7.09. The van der Waals surface area contributed by atoms with Crippen molar-refractivity contribution in [2.75, 3.05) is 13.6 Å². The Morgan fingerprint density at radius 1 is 1.29 bits per heavy atom. The molecule has 0 aliphatic rings. The molecule has 0 fully saturated rings. The molecule has 0 aliphatic carbocycles. The number of hydrogen-bond donors (Lipinski definition) is 1. The molecule has 0 amide bonds. The number of benzene rings is 1. The van der Waals surface area contributed by atoms with Gasteiger partial charge in [0.1, 0.15) is 0 Å². The Morgan fingerprint density at radius 3 is 2.41 bits per heavy atom. The standard InChI is InChI=1S/C15H24BrN/c1-11(2)8-12-6-7-13(9-14(12)16)15(3,4)10-17-5/h6-7,9,11,17H,8,10H2,1-5H3. The number of nitrogens with one attached hydrogen (secondary N) is 1. The van der Waals surface area contributed by atoms with Gasteiger partial charge < -0.3 is 5.32 Å². The van der Waals surface area contributed by atoms with Gasteiger partial charge in [0.15, 0.2) is 0 Å². The molecule has 0 saturated heterocycles. The Labute approximate surface area is 114 Å². The third-order valence-electron chi connectivity index (χ3n) is 3.08. The molecule has 0 aliphatic heterocycles. The molecule has 0 bridgehead atoms. The molecule has 2 heteroatoms.